The standard InChI is InChI=1S/C31H32N4O2.C2HF3O2/c1-23-12-14-25(15-13-23)32-18-20-33(21-19-32)30(36)28-26-10-5-6-11-27(26)29-31(37)34(16-7-17-35(28)29)22-24-8-3-2-4-9-24;3-2(4,5)1(6)7/h2-6,8-15H,7,16-22H2,1H3;(H,6,7). The van der Waals surface area contributed by atoms with Gasteiger partial charge in [-0.25, -0.2) is 4.79 Å². The lowest BCUT2D eigenvalue weighted by molar-refractivity contribution is -0.192. The van der Waals surface area contributed by atoms with E-state index in [0.29, 0.717) is 44.1 Å². The number of alkyl halides is 3. The lowest BCUT2D eigenvalue weighted by Gasteiger charge is -2.36. The maximum Gasteiger partial charge on any atom is 0.490 e. The number of hydrogen-bond acceptors (Lipinski definition) is 4. The number of carbonyl (C=O) groups excluding carboxylic acids is 2. The van der Waals surface area contributed by atoms with Crippen LogP contribution >= 0.6 is 0 Å². The van der Waals surface area contributed by atoms with E-state index in [1.54, 1.807) is 0 Å². The topological polar surface area (TPSA) is 86.1 Å². The van der Waals surface area contributed by atoms with Gasteiger partial charge in [-0.05, 0) is 31.0 Å². The van der Waals surface area contributed by atoms with Crippen LogP contribution in [-0.4, -0.2) is 76.2 Å². The largest absolute Gasteiger partial charge is 0.490 e. The van der Waals surface area contributed by atoms with Crippen molar-refractivity contribution in [3.05, 3.63) is 101 Å². The highest BCUT2D eigenvalue weighted by molar-refractivity contribution is 6.14. The van der Waals surface area contributed by atoms with Crippen LogP contribution in [-0.2, 0) is 17.9 Å². The molecule has 230 valence electrons. The maximum atomic E-state index is 14.0. The summed E-state index contributed by atoms with van der Waals surface area (Å²) >= 11 is 0. The number of aliphatic carboxylic acids is 1. The third-order valence-electron chi connectivity index (χ3n) is 7.90. The fourth-order valence-electron chi connectivity index (χ4n) is 5.68. The zero-order chi connectivity index (χ0) is 31.4. The van der Waals surface area contributed by atoms with Gasteiger partial charge in [0.1, 0.15) is 11.4 Å². The van der Waals surface area contributed by atoms with Crippen molar-refractivity contribution < 1.29 is 32.7 Å². The van der Waals surface area contributed by atoms with Crippen LogP contribution < -0.4 is 4.90 Å². The third kappa shape index (κ3) is 6.56. The van der Waals surface area contributed by atoms with Crippen molar-refractivity contribution >= 4 is 34.2 Å². The van der Waals surface area contributed by atoms with E-state index < -0.39 is 12.1 Å². The van der Waals surface area contributed by atoms with E-state index in [0.717, 1.165) is 35.8 Å². The number of benzene rings is 3. The molecule has 2 amide bonds. The van der Waals surface area contributed by atoms with Crippen molar-refractivity contribution in [2.75, 3.05) is 37.6 Å². The Kier molecular flexibility index (Phi) is 8.93. The third-order valence-corrected chi connectivity index (χ3v) is 7.90. The molecule has 0 atom stereocenters. The molecular formula is C33H33F3N4O4. The van der Waals surface area contributed by atoms with E-state index in [1.807, 2.05) is 56.8 Å². The van der Waals surface area contributed by atoms with Gasteiger partial charge in [-0.2, -0.15) is 13.2 Å². The minimum Gasteiger partial charge on any atom is -0.475 e. The number of hydrogen-bond donors (Lipinski definition) is 1. The van der Waals surface area contributed by atoms with Gasteiger partial charge in [0.05, 0.1) is 0 Å². The summed E-state index contributed by atoms with van der Waals surface area (Å²) in [6.07, 6.45) is -4.27. The second kappa shape index (κ2) is 12.8. The summed E-state index contributed by atoms with van der Waals surface area (Å²) in [5.41, 5.74) is 4.86. The number of piperazine rings is 1. The maximum absolute atomic E-state index is 14.0. The summed E-state index contributed by atoms with van der Waals surface area (Å²) in [6.45, 7) is 6.91. The molecule has 8 nitrogen and oxygen atoms in total. The molecule has 1 saturated heterocycles. The first-order valence-corrected chi connectivity index (χ1v) is 14.4. The Hall–Kier alpha value is -4.80. The zero-order valence-corrected chi connectivity index (χ0v) is 24.3. The number of nitrogens with zero attached hydrogens (tertiary/aromatic N) is 4. The number of carboxylic acids is 1. The number of halogens is 3. The van der Waals surface area contributed by atoms with Crippen molar-refractivity contribution in [1.82, 2.24) is 14.4 Å². The minimum atomic E-state index is -5.08. The molecule has 6 rings (SSSR count). The van der Waals surface area contributed by atoms with Gasteiger partial charge < -0.3 is 24.4 Å². The Bertz CT molecular complexity index is 1640. The van der Waals surface area contributed by atoms with Crippen LogP contribution in [0.25, 0.3) is 10.8 Å². The quantitative estimate of drug-likeness (QED) is 0.327. The predicted octanol–water partition coefficient (Wildman–Crippen LogP) is 5.59. The van der Waals surface area contributed by atoms with Gasteiger partial charge in [-0.1, -0.05) is 72.3 Å². The van der Waals surface area contributed by atoms with E-state index in [2.05, 4.69) is 48.2 Å². The summed E-state index contributed by atoms with van der Waals surface area (Å²) in [5.74, 6) is -2.73. The molecule has 2 aliphatic heterocycles. The van der Waals surface area contributed by atoms with Crippen LogP contribution in [0.5, 0.6) is 0 Å². The molecule has 2 aliphatic rings. The second-order valence-electron chi connectivity index (χ2n) is 10.9. The molecule has 1 aromatic heterocycles. The molecule has 0 spiro atoms. The molecule has 4 aromatic rings. The molecule has 0 aliphatic carbocycles. The fraction of sp³-hybridized carbons (Fsp3) is 0.303. The van der Waals surface area contributed by atoms with Crippen molar-refractivity contribution in [1.29, 1.82) is 0 Å². The van der Waals surface area contributed by atoms with Crippen LogP contribution in [0.15, 0.2) is 78.9 Å². The van der Waals surface area contributed by atoms with Crippen molar-refractivity contribution in [2.45, 2.75) is 32.6 Å². The van der Waals surface area contributed by atoms with Crippen molar-refractivity contribution in [2.24, 2.45) is 0 Å². The minimum absolute atomic E-state index is 0.000735. The molecule has 0 saturated carbocycles. The van der Waals surface area contributed by atoms with E-state index in [4.69, 9.17) is 9.90 Å². The Labute approximate surface area is 252 Å². The van der Waals surface area contributed by atoms with Crippen molar-refractivity contribution in [3.63, 3.8) is 0 Å². The first-order chi connectivity index (χ1) is 21.0. The number of aryl methyl sites for hydroxylation is 1. The van der Waals surface area contributed by atoms with E-state index in [-0.39, 0.29) is 11.8 Å². The molecule has 11 heteroatoms. The van der Waals surface area contributed by atoms with Crippen LogP contribution in [0, 0.1) is 6.92 Å². The second-order valence-corrected chi connectivity index (χ2v) is 10.9. The number of carbonyl (C=O) groups is 3. The Morgan fingerprint density at radius 3 is 2.00 bits per heavy atom. The van der Waals surface area contributed by atoms with Crippen LogP contribution in [0.2, 0.25) is 0 Å². The van der Waals surface area contributed by atoms with Gasteiger partial charge in [0, 0.05) is 62.3 Å². The van der Waals surface area contributed by atoms with Crippen LogP contribution in [0.3, 0.4) is 0 Å². The van der Waals surface area contributed by atoms with E-state index in [9.17, 15) is 22.8 Å². The van der Waals surface area contributed by atoms with Gasteiger partial charge in [0.15, 0.2) is 0 Å². The van der Waals surface area contributed by atoms with Crippen LogP contribution in [0.4, 0.5) is 18.9 Å². The highest BCUT2D eigenvalue weighted by atomic mass is 19.4. The number of amides is 2. The summed E-state index contributed by atoms with van der Waals surface area (Å²) in [7, 11) is 0. The van der Waals surface area contributed by atoms with Gasteiger partial charge in [-0.15, -0.1) is 0 Å². The lowest BCUT2D eigenvalue weighted by Crippen LogP contribution is -2.49. The number of anilines is 1. The fourth-order valence-corrected chi connectivity index (χ4v) is 5.68. The Morgan fingerprint density at radius 1 is 0.795 bits per heavy atom. The normalized spacial score (nSPS) is 15.4. The Balaban J connectivity index is 0.000000493. The highest BCUT2D eigenvalue weighted by Crippen LogP contribution is 2.31. The molecule has 3 aromatic carbocycles. The number of aromatic nitrogens is 1. The number of fused-ring (bicyclic) bond motifs is 3. The first-order valence-electron chi connectivity index (χ1n) is 14.4. The van der Waals surface area contributed by atoms with Gasteiger partial charge >= 0.3 is 12.1 Å². The van der Waals surface area contributed by atoms with Gasteiger partial charge in [0.25, 0.3) is 11.8 Å². The predicted molar refractivity (Wildman–Crippen MR) is 161 cm³/mol. The molecule has 44 heavy (non-hydrogen) atoms. The molecule has 3 heterocycles. The monoisotopic (exact) mass is 606 g/mol. The molecule has 0 unspecified atom stereocenters. The Morgan fingerprint density at radius 2 is 1.39 bits per heavy atom. The van der Waals surface area contributed by atoms with Gasteiger partial charge in [-0.3, -0.25) is 9.59 Å². The lowest BCUT2D eigenvalue weighted by atomic mass is 10.1. The highest BCUT2D eigenvalue weighted by Gasteiger charge is 2.38. The molecular weight excluding hydrogens is 573 g/mol. The summed E-state index contributed by atoms with van der Waals surface area (Å²) < 4.78 is 33.7. The summed E-state index contributed by atoms with van der Waals surface area (Å²) in [4.78, 5) is 43.0. The van der Waals surface area contributed by atoms with E-state index in [1.165, 1.54) is 11.3 Å². The SMILES string of the molecule is Cc1ccc(N2CCN(C(=O)c3c4ccccc4c4n3CCCN(Cc3ccccc3)C4=O)CC2)cc1.O=C(O)C(F)(F)F. The van der Waals surface area contributed by atoms with Crippen molar-refractivity contribution in [3.8, 4) is 0 Å². The van der Waals surface area contributed by atoms with Crippen LogP contribution in [0.1, 0.15) is 38.5 Å². The van der Waals surface area contributed by atoms with Gasteiger partial charge in [0.2, 0.25) is 0 Å². The number of rotatable bonds is 4. The van der Waals surface area contributed by atoms with E-state index >= 15 is 0 Å². The average molecular weight is 607 g/mol. The average Bonchev–Trinajstić information content (AvgIpc) is 3.26. The summed E-state index contributed by atoms with van der Waals surface area (Å²) in [6, 6.07) is 26.6. The smallest absolute Gasteiger partial charge is 0.475 e. The molecule has 1 fully saturated rings. The first kappa shape index (κ1) is 30.7. The summed E-state index contributed by atoms with van der Waals surface area (Å²) in [5, 5.41) is 8.87. The number of carboxylic acid groups (broad SMARTS) is 1. The molecule has 0 bridgehead atoms. The molecule has 0 radical (unpaired) electrons. The zero-order valence-electron chi connectivity index (χ0n) is 24.3. The molecule has 1 N–H and O–H groups in total.